The summed E-state index contributed by atoms with van der Waals surface area (Å²) in [5.41, 5.74) is 1.51. The highest BCUT2D eigenvalue weighted by Crippen LogP contribution is 2.27. The Morgan fingerprint density at radius 1 is 1.15 bits per heavy atom. The Kier molecular flexibility index (Phi) is 4.87. The van der Waals surface area contributed by atoms with Gasteiger partial charge in [0.1, 0.15) is 11.6 Å². The van der Waals surface area contributed by atoms with Gasteiger partial charge in [-0.15, -0.1) is 0 Å². The van der Waals surface area contributed by atoms with Crippen LogP contribution in [0.2, 0.25) is 0 Å². The summed E-state index contributed by atoms with van der Waals surface area (Å²) >= 11 is 0. The molecule has 0 radical (unpaired) electrons. The van der Waals surface area contributed by atoms with Crippen molar-refractivity contribution in [2.75, 3.05) is 13.1 Å². The zero-order valence-electron chi connectivity index (χ0n) is 15.0. The van der Waals surface area contributed by atoms with Gasteiger partial charge in [-0.1, -0.05) is 12.1 Å². The molecule has 0 bridgehead atoms. The smallest absolute Gasteiger partial charge is 0.254 e. The van der Waals surface area contributed by atoms with Crippen LogP contribution < -0.4 is 0 Å². The number of hydrogen-bond acceptors (Lipinski definition) is 4. The molecule has 0 aliphatic carbocycles. The summed E-state index contributed by atoms with van der Waals surface area (Å²) in [6.45, 7) is 2.03. The van der Waals surface area contributed by atoms with Gasteiger partial charge in [-0.3, -0.25) is 9.78 Å². The number of phenols is 1. The highest BCUT2D eigenvalue weighted by molar-refractivity contribution is 5.94. The third kappa shape index (κ3) is 3.84. The summed E-state index contributed by atoms with van der Waals surface area (Å²) in [4.78, 5) is 23.7. The lowest BCUT2D eigenvalue weighted by atomic mass is 9.96. The molecule has 1 N–H and O–H groups in total. The van der Waals surface area contributed by atoms with E-state index in [1.165, 1.54) is 6.07 Å². The first-order valence-corrected chi connectivity index (χ1v) is 9.20. The molecule has 1 aliphatic rings. The zero-order chi connectivity index (χ0) is 18.6. The maximum atomic E-state index is 12.8. The fourth-order valence-corrected chi connectivity index (χ4v) is 3.67. The van der Waals surface area contributed by atoms with Crippen molar-refractivity contribution >= 4 is 5.91 Å². The Balaban J connectivity index is 1.51. The molecule has 1 atom stereocenters. The predicted molar refractivity (Wildman–Crippen MR) is 102 cm³/mol. The maximum Gasteiger partial charge on any atom is 0.254 e. The molecule has 138 valence electrons. The van der Waals surface area contributed by atoms with Crippen molar-refractivity contribution in [2.24, 2.45) is 0 Å². The van der Waals surface area contributed by atoms with Gasteiger partial charge in [-0.05, 0) is 43.2 Å². The summed E-state index contributed by atoms with van der Waals surface area (Å²) < 4.78 is 2.12. The second kappa shape index (κ2) is 7.61. The van der Waals surface area contributed by atoms with E-state index in [0.717, 1.165) is 30.9 Å². The molecule has 3 aromatic rings. The van der Waals surface area contributed by atoms with E-state index in [0.29, 0.717) is 18.7 Å². The molecule has 1 aliphatic heterocycles. The summed E-state index contributed by atoms with van der Waals surface area (Å²) in [5, 5.41) is 9.65. The van der Waals surface area contributed by atoms with Crippen LogP contribution in [-0.4, -0.2) is 43.5 Å². The number of likely N-dealkylation sites (tertiary alicyclic amines) is 1. The average Bonchev–Trinajstić information content (AvgIpc) is 3.16. The van der Waals surface area contributed by atoms with Gasteiger partial charge in [0.05, 0.1) is 12.2 Å². The van der Waals surface area contributed by atoms with Crippen molar-refractivity contribution in [1.29, 1.82) is 0 Å². The number of aromatic hydroxyl groups is 1. The lowest BCUT2D eigenvalue weighted by Crippen LogP contribution is -2.39. The number of carbonyl (C=O) groups is 1. The summed E-state index contributed by atoms with van der Waals surface area (Å²) in [6, 6.07) is 12.4. The van der Waals surface area contributed by atoms with Crippen LogP contribution in [0, 0.1) is 0 Å². The molecular weight excluding hydrogens is 340 g/mol. The van der Waals surface area contributed by atoms with Gasteiger partial charge in [0, 0.05) is 43.2 Å². The van der Waals surface area contributed by atoms with E-state index in [-0.39, 0.29) is 17.6 Å². The van der Waals surface area contributed by atoms with E-state index >= 15 is 0 Å². The second-order valence-corrected chi connectivity index (χ2v) is 6.88. The number of pyridine rings is 1. The van der Waals surface area contributed by atoms with E-state index in [1.807, 2.05) is 35.5 Å². The van der Waals surface area contributed by atoms with Crippen LogP contribution in [0.1, 0.15) is 40.6 Å². The summed E-state index contributed by atoms with van der Waals surface area (Å²) in [5.74, 6) is 1.26. The summed E-state index contributed by atoms with van der Waals surface area (Å²) in [6.07, 6.45) is 7.52. The van der Waals surface area contributed by atoms with Crippen LogP contribution in [0.3, 0.4) is 0 Å². The predicted octanol–water partition coefficient (Wildman–Crippen LogP) is 3.05. The first kappa shape index (κ1) is 17.3. The van der Waals surface area contributed by atoms with Crippen LogP contribution >= 0.6 is 0 Å². The number of benzene rings is 1. The molecule has 2 aromatic heterocycles. The topological polar surface area (TPSA) is 71.2 Å². The minimum Gasteiger partial charge on any atom is -0.508 e. The number of carbonyl (C=O) groups excluding carboxylic acids is 1. The Labute approximate surface area is 158 Å². The van der Waals surface area contributed by atoms with Gasteiger partial charge < -0.3 is 14.6 Å². The number of amides is 1. The van der Waals surface area contributed by atoms with Gasteiger partial charge in [0.2, 0.25) is 0 Å². The SMILES string of the molecule is O=C(c1cccc(O)c1)N1CCC[C@@H](c2nccn2Cc2ccccn2)C1. The first-order chi connectivity index (χ1) is 13.2. The fraction of sp³-hybridized carbons (Fsp3) is 0.286. The first-order valence-electron chi connectivity index (χ1n) is 9.20. The zero-order valence-corrected chi connectivity index (χ0v) is 15.0. The molecular formula is C21H22N4O2. The van der Waals surface area contributed by atoms with Crippen molar-refractivity contribution in [3.8, 4) is 5.75 Å². The van der Waals surface area contributed by atoms with Crippen LogP contribution in [0.5, 0.6) is 5.75 Å². The van der Waals surface area contributed by atoms with Gasteiger partial charge in [-0.2, -0.15) is 0 Å². The van der Waals surface area contributed by atoms with Crippen molar-refractivity contribution in [2.45, 2.75) is 25.3 Å². The number of hydrogen-bond donors (Lipinski definition) is 1. The van der Waals surface area contributed by atoms with E-state index < -0.39 is 0 Å². The highest BCUT2D eigenvalue weighted by atomic mass is 16.3. The lowest BCUT2D eigenvalue weighted by Gasteiger charge is -2.32. The summed E-state index contributed by atoms with van der Waals surface area (Å²) in [7, 11) is 0. The lowest BCUT2D eigenvalue weighted by molar-refractivity contribution is 0.0703. The van der Waals surface area contributed by atoms with Crippen molar-refractivity contribution < 1.29 is 9.90 Å². The van der Waals surface area contributed by atoms with Crippen molar-refractivity contribution in [1.82, 2.24) is 19.4 Å². The maximum absolute atomic E-state index is 12.8. The Hall–Kier alpha value is -3.15. The van der Waals surface area contributed by atoms with Crippen LogP contribution in [0.4, 0.5) is 0 Å². The van der Waals surface area contributed by atoms with Crippen molar-refractivity contribution in [3.05, 3.63) is 78.1 Å². The molecule has 6 nitrogen and oxygen atoms in total. The third-order valence-electron chi connectivity index (χ3n) is 4.97. The van der Waals surface area contributed by atoms with E-state index in [2.05, 4.69) is 14.5 Å². The molecule has 1 saturated heterocycles. The number of phenolic OH excluding ortho intramolecular Hbond substituents is 1. The van der Waals surface area contributed by atoms with Gasteiger partial charge in [0.25, 0.3) is 5.91 Å². The fourth-order valence-electron chi connectivity index (χ4n) is 3.67. The number of nitrogens with zero attached hydrogens (tertiary/aromatic N) is 4. The Morgan fingerprint density at radius 2 is 2.07 bits per heavy atom. The van der Waals surface area contributed by atoms with E-state index in [4.69, 9.17) is 0 Å². The normalized spacial score (nSPS) is 17.0. The van der Waals surface area contributed by atoms with Crippen LogP contribution in [0.25, 0.3) is 0 Å². The average molecular weight is 362 g/mol. The quantitative estimate of drug-likeness (QED) is 0.774. The molecule has 1 amide bonds. The van der Waals surface area contributed by atoms with E-state index in [9.17, 15) is 9.90 Å². The minimum atomic E-state index is -0.0431. The standard InChI is InChI=1S/C21H22N4O2/c26-19-8-3-5-16(13-19)21(27)25-11-4-6-17(14-25)20-23-10-12-24(20)15-18-7-1-2-9-22-18/h1-3,5,7-10,12-13,17,26H,4,6,11,14-15H2/t17-/m1/s1. The molecule has 0 spiro atoms. The van der Waals surface area contributed by atoms with Gasteiger partial charge >= 0.3 is 0 Å². The molecule has 27 heavy (non-hydrogen) atoms. The Bertz CT molecular complexity index is 923. The van der Waals surface area contributed by atoms with Gasteiger partial charge in [0.15, 0.2) is 0 Å². The number of imidazole rings is 1. The highest BCUT2D eigenvalue weighted by Gasteiger charge is 2.28. The van der Waals surface area contributed by atoms with Crippen molar-refractivity contribution in [3.63, 3.8) is 0 Å². The monoisotopic (exact) mass is 362 g/mol. The number of piperidine rings is 1. The van der Waals surface area contributed by atoms with E-state index in [1.54, 1.807) is 24.4 Å². The van der Waals surface area contributed by atoms with Crippen LogP contribution in [-0.2, 0) is 6.54 Å². The molecule has 1 aromatic carbocycles. The van der Waals surface area contributed by atoms with Crippen LogP contribution in [0.15, 0.2) is 61.1 Å². The Morgan fingerprint density at radius 3 is 2.89 bits per heavy atom. The molecule has 0 saturated carbocycles. The number of aromatic nitrogens is 3. The molecule has 0 unspecified atom stereocenters. The third-order valence-corrected chi connectivity index (χ3v) is 4.97. The molecule has 4 rings (SSSR count). The number of rotatable bonds is 4. The minimum absolute atomic E-state index is 0.0431. The molecule has 1 fully saturated rings. The van der Waals surface area contributed by atoms with Gasteiger partial charge in [-0.25, -0.2) is 4.98 Å². The molecule has 3 heterocycles. The largest absolute Gasteiger partial charge is 0.508 e. The second-order valence-electron chi connectivity index (χ2n) is 6.88. The molecule has 6 heteroatoms.